The van der Waals surface area contributed by atoms with Gasteiger partial charge in [0.1, 0.15) is 34.8 Å². The maximum absolute atomic E-state index is 12.0. The van der Waals surface area contributed by atoms with Crippen molar-refractivity contribution >= 4 is 5.82 Å². The number of pyridine rings is 1. The largest absolute Gasteiger partial charge is 0.496 e. The fourth-order valence-corrected chi connectivity index (χ4v) is 2.53. The second-order valence-corrected chi connectivity index (χ2v) is 5.48. The van der Waals surface area contributed by atoms with Crippen molar-refractivity contribution in [3.05, 3.63) is 45.2 Å². The molecule has 1 aromatic carbocycles. The van der Waals surface area contributed by atoms with Gasteiger partial charge in [0.15, 0.2) is 0 Å². The molecule has 122 valence electrons. The highest BCUT2D eigenvalue weighted by Gasteiger charge is 2.19. The van der Waals surface area contributed by atoms with Crippen LogP contribution >= 0.6 is 0 Å². The van der Waals surface area contributed by atoms with Gasteiger partial charge in [-0.15, -0.1) is 0 Å². The van der Waals surface area contributed by atoms with Gasteiger partial charge in [0, 0.05) is 17.7 Å². The molecule has 1 heterocycles. The molecule has 0 amide bonds. The molecule has 0 saturated heterocycles. The van der Waals surface area contributed by atoms with Gasteiger partial charge in [-0.3, -0.25) is 4.79 Å². The number of benzene rings is 1. The van der Waals surface area contributed by atoms with E-state index in [1.54, 1.807) is 25.3 Å². The lowest BCUT2D eigenvalue weighted by atomic mass is 9.95. The molecule has 0 atom stereocenters. The van der Waals surface area contributed by atoms with E-state index in [4.69, 9.17) is 10.5 Å². The number of anilines is 1. The van der Waals surface area contributed by atoms with Crippen molar-refractivity contribution in [1.29, 1.82) is 10.5 Å². The van der Waals surface area contributed by atoms with Crippen LogP contribution in [0.25, 0.3) is 11.1 Å². The molecule has 0 radical (unpaired) electrons. The van der Waals surface area contributed by atoms with Crippen LogP contribution in [0.5, 0.6) is 5.75 Å². The fourth-order valence-electron chi connectivity index (χ4n) is 2.53. The molecule has 2 aromatic rings. The first-order valence-corrected chi connectivity index (χ1v) is 7.10. The number of nitrogens with one attached hydrogen (secondary N) is 1. The molecule has 7 nitrogen and oxygen atoms in total. The Labute approximate surface area is 139 Å². The number of hydrogen-bond acceptors (Lipinski definition) is 6. The number of nitrogen functional groups attached to an aromatic ring is 1. The minimum absolute atomic E-state index is 0.0542. The monoisotopic (exact) mass is 323 g/mol. The van der Waals surface area contributed by atoms with E-state index in [-0.39, 0.29) is 22.5 Å². The Kier molecular flexibility index (Phi) is 4.88. The summed E-state index contributed by atoms with van der Waals surface area (Å²) in [6.07, 6.45) is 0. The minimum atomic E-state index is -0.617. The van der Waals surface area contributed by atoms with Crippen molar-refractivity contribution in [3.63, 3.8) is 0 Å². The Morgan fingerprint density at radius 1 is 1.25 bits per heavy atom. The Hall–Kier alpha value is -3.29. The first-order valence-electron chi connectivity index (χ1n) is 7.10. The quantitative estimate of drug-likeness (QED) is 0.878. The summed E-state index contributed by atoms with van der Waals surface area (Å²) in [7, 11) is 5.40. The van der Waals surface area contributed by atoms with E-state index in [1.165, 1.54) is 0 Å². The highest BCUT2D eigenvalue weighted by atomic mass is 16.5. The van der Waals surface area contributed by atoms with E-state index in [0.29, 0.717) is 17.9 Å². The van der Waals surface area contributed by atoms with E-state index >= 15 is 0 Å². The Balaban J connectivity index is 2.80. The Morgan fingerprint density at radius 2 is 1.92 bits per heavy atom. The van der Waals surface area contributed by atoms with Gasteiger partial charge in [-0.1, -0.05) is 6.07 Å². The predicted octanol–water partition coefficient (Wildman–Crippen LogP) is 1.44. The number of nitriles is 2. The maximum Gasteiger partial charge on any atom is 0.268 e. The first-order chi connectivity index (χ1) is 11.4. The number of H-pyrrole nitrogens is 1. The molecule has 0 bridgehead atoms. The molecule has 0 aliphatic heterocycles. The molecule has 0 fully saturated rings. The van der Waals surface area contributed by atoms with Crippen LogP contribution in [0.15, 0.2) is 23.0 Å². The fraction of sp³-hybridized carbons (Fsp3) is 0.235. The number of nitrogens with zero attached hydrogens (tertiary/aromatic N) is 3. The minimum Gasteiger partial charge on any atom is -0.496 e. The van der Waals surface area contributed by atoms with Crippen LogP contribution in [-0.4, -0.2) is 31.1 Å². The molecule has 0 aliphatic rings. The van der Waals surface area contributed by atoms with Crippen molar-refractivity contribution in [1.82, 2.24) is 9.88 Å². The van der Waals surface area contributed by atoms with Gasteiger partial charge < -0.3 is 20.4 Å². The van der Waals surface area contributed by atoms with Gasteiger partial charge in [0.05, 0.1) is 7.11 Å². The standard InChI is InChI=1S/C17H17N5O2/c1-22(2)9-11-6-10(4-5-14(11)24-3)15-12(7-18)16(20)21-17(23)13(15)8-19/h4-6H,9H2,1-3H3,(H3,20,21,23). The second-order valence-electron chi connectivity index (χ2n) is 5.48. The third-order valence-electron chi connectivity index (χ3n) is 3.52. The summed E-state index contributed by atoms with van der Waals surface area (Å²) in [5.74, 6) is 0.628. The number of ether oxygens (including phenoxy) is 1. The number of aromatic nitrogens is 1. The molecule has 3 N–H and O–H groups in total. The summed E-state index contributed by atoms with van der Waals surface area (Å²) >= 11 is 0. The molecule has 1 aromatic heterocycles. The Bertz CT molecular complexity index is 916. The first kappa shape index (κ1) is 17.1. The lowest BCUT2D eigenvalue weighted by Gasteiger charge is -2.16. The average Bonchev–Trinajstić information content (AvgIpc) is 2.53. The number of nitrogens with two attached hydrogens (primary N) is 1. The van der Waals surface area contributed by atoms with Crippen LogP contribution < -0.4 is 16.0 Å². The van der Waals surface area contributed by atoms with Crippen LogP contribution in [0.1, 0.15) is 16.7 Å². The highest BCUT2D eigenvalue weighted by molar-refractivity contribution is 5.80. The summed E-state index contributed by atoms with van der Waals surface area (Å²) in [6.45, 7) is 0.597. The van der Waals surface area contributed by atoms with Gasteiger partial charge in [-0.25, -0.2) is 0 Å². The summed E-state index contributed by atoms with van der Waals surface area (Å²) in [5, 5.41) is 18.7. The smallest absolute Gasteiger partial charge is 0.268 e. The number of aromatic amines is 1. The van der Waals surface area contributed by atoms with Gasteiger partial charge in [-0.2, -0.15) is 10.5 Å². The van der Waals surface area contributed by atoms with Gasteiger partial charge >= 0.3 is 0 Å². The van der Waals surface area contributed by atoms with Crippen molar-refractivity contribution in [3.8, 4) is 29.0 Å². The van der Waals surface area contributed by atoms with Crippen molar-refractivity contribution in [2.75, 3.05) is 26.9 Å². The highest BCUT2D eigenvalue weighted by Crippen LogP contribution is 2.32. The molecular formula is C17H17N5O2. The van der Waals surface area contributed by atoms with Crippen molar-refractivity contribution in [2.24, 2.45) is 0 Å². The zero-order valence-corrected chi connectivity index (χ0v) is 13.7. The summed E-state index contributed by atoms with van der Waals surface area (Å²) < 4.78 is 5.35. The number of hydrogen-bond donors (Lipinski definition) is 2. The summed E-state index contributed by atoms with van der Waals surface area (Å²) in [5.41, 5.74) is 6.75. The van der Waals surface area contributed by atoms with E-state index in [2.05, 4.69) is 4.98 Å². The zero-order valence-electron chi connectivity index (χ0n) is 13.7. The molecule has 24 heavy (non-hydrogen) atoms. The van der Waals surface area contributed by atoms with Gasteiger partial charge in [0.2, 0.25) is 0 Å². The van der Waals surface area contributed by atoms with E-state index in [9.17, 15) is 15.3 Å². The molecule has 0 spiro atoms. The molecule has 7 heteroatoms. The average molecular weight is 323 g/mol. The van der Waals surface area contributed by atoms with Crippen LogP contribution in [0.3, 0.4) is 0 Å². The van der Waals surface area contributed by atoms with Gasteiger partial charge in [-0.05, 0) is 31.8 Å². The van der Waals surface area contributed by atoms with E-state index in [1.807, 2.05) is 31.1 Å². The predicted molar refractivity (Wildman–Crippen MR) is 90.3 cm³/mol. The Morgan fingerprint density at radius 3 is 2.46 bits per heavy atom. The summed E-state index contributed by atoms with van der Waals surface area (Å²) in [6, 6.07) is 9.07. The lowest BCUT2D eigenvalue weighted by molar-refractivity contribution is 0.372. The second kappa shape index (κ2) is 6.86. The van der Waals surface area contributed by atoms with Crippen molar-refractivity contribution in [2.45, 2.75) is 6.54 Å². The normalized spacial score (nSPS) is 10.2. The third kappa shape index (κ3) is 3.07. The van der Waals surface area contributed by atoms with Crippen LogP contribution in [0.4, 0.5) is 5.82 Å². The summed E-state index contributed by atoms with van der Waals surface area (Å²) in [4.78, 5) is 16.3. The van der Waals surface area contributed by atoms with Crippen molar-refractivity contribution < 1.29 is 4.74 Å². The van der Waals surface area contributed by atoms with E-state index < -0.39 is 5.56 Å². The molecular weight excluding hydrogens is 306 g/mol. The zero-order chi connectivity index (χ0) is 17.9. The molecule has 2 rings (SSSR count). The van der Waals surface area contributed by atoms with E-state index in [0.717, 1.165) is 5.56 Å². The van der Waals surface area contributed by atoms with Crippen LogP contribution in [0.2, 0.25) is 0 Å². The third-order valence-corrected chi connectivity index (χ3v) is 3.52. The molecule has 0 aliphatic carbocycles. The SMILES string of the molecule is COc1ccc(-c2c(C#N)c(N)[nH]c(=O)c2C#N)cc1CN(C)C. The molecule has 0 unspecified atom stereocenters. The number of methoxy groups -OCH3 is 1. The van der Waals surface area contributed by atoms with Crippen LogP contribution in [-0.2, 0) is 6.54 Å². The lowest BCUT2D eigenvalue weighted by Crippen LogP contribution is -2.16. The topological polar surface area (TPSA) is 119 Å². The number of rotatable bonds is 4. The van der Waals surface area contributed by atoms with Crippen LogP contribution in [0, 0.1) is 22.7 Å². The van der Waals surface area contributed by atoms with Gasteiger partial charge in [0.25, 0.3) is 5.56 Å². The maximum atomic E-state index is 12.0. The molecule has 0 saturated carbocycles.